The lowest BCUT2D eigenvalue weighted by Crippen LogP contribution is -2.07. The number of aryl methyl sites for hydroxylation is 2. The summed E-state index contributed by atoms with van der Waals surface area (Å²) >= 11 is 1.26. The summed E-state index contributed by atoms with van der Waals surface area (Å²) < 4.78 is 26.9. The molecular weight excluding hydrogens is 256 g/mol. The predicted octanol–water partition coefficient (Wildman–Crippen LogP) is 3.46. The zero-order chi connectivity index (χ0) is 13.4. The van der Waals surface area contributed by atoms with E-state index in [4.69, 9.17) is 5.73 Å². The van der Waals surface area contributed by atoms with Crippen molar-refractivity contribution in [3.63, 3.8) is 0 Å². The molecule has 18 heavy (non-hydrogen) atoms. The Labute approximate surface area is 107 Å². The molecule has 0 saturated carbocycles. The van der Waals surface area contributed by atoms with Crippen molar-refractivity contribution in [1.82, 2.24) is 0 Å². The van der Waals surface area contributed by atoms with Gasteiger partial charge in [0.2, 0.25) is 5.78 Å². The van der Waals surface area contributed by atoms with Crippen LogP contribution in [0.5, 0.6) is 0 Å². The minimum Gasteiger partial charge on any atom is -0.396 e. The van der Waals surface area contributed by atoms with Crippen LogP contribution in [0.15, 0.2) is 18.2 Å². The minimum atomic E-state index is -0.869. The van der Waals surface area contributed by atoms with Crippen LogP contribution in [-0.2, 0) is 0 Å². The van der Waals surface area contributed by atoms with Gasteiger partial charge >= 0.3 is 0 Å². The van der Waals surface area contributed by atoms with E-state index in [0.717, 1.165) is 22.6 Å². The van der Waals surface area contributed by atoms with E-state index in [0.29, 0.717) is 4.88 Å². The number of hydrogen-bond acceptors (Lipinski definition) is 3. The van der Waals surface area contributed by atoms with E-state index in [2.05, 4.69) is 0 Å². The molecule has 0 aliphatic rings. The van der Waals surface area contributed by atoms with E-state index < -0.39 is 17.4 Å². The number of hydrogen-bond donors (Lipinski definition) is 1. The van der Waals surface area contributed by atoms with Crippen LogP contribution >= 0.6 is 11.3 Å². The van der Waals surface area contributed by atoms with Crippen LogP contribution in [-0.4, -0.2) is 5.78 Å². The molecule has 0 saturated heterocycles. The molecule has 2 rings (SSSR count). The summed E-state index contributed by atoms with van der Waals surface area (Å²) in [7, 11) is 0. The first-order valence-electron chi connectivity index (χ1n) is 5.26. The van der Waals surface area contributed by atoms with Gasteiger partial charge in [-0.3, -0.25) is 4.79 Å². The SMILES string of the molecule is Cc1cc(C)c(C(=O)c2cc(F)cc(N)c2F)s1. The number of carbonyl (C=O) groups is 1. The number of nitrogen functional groups attached to an aromatic ring is 1. The van der Waals surface area contributed by atoms with Crippen molar-refractivity contribution in [1.29, 1.82) is 0 Å². The van der Waals surface area contributed by atoms with Crippen molar-refractivity contribution in [2.75, 3.05) is 5.73 Å². The highest BCUT2D eigenvalue weighted by Gasteiger charge is 2.20. The number of anilines is 1. The maximum atomic E-state index is 13.7. The van der Waals surface area contributed by atoms with Gasteiger partial charge in [-0.05, 0) is 37.6 Å². The predicted molar refractivity (Wildman–Crippen MR) is 68.0 cm³/mol. The third-order valence-corrected chi connectivity index (χ3v) is 3.71. The smallest absolute Gasteiger partial charge is 0.206 e. The highest BCUT2D eigenvalue weighted by atomic mass is 32.1. The summed E-state index contributed by atoms with van der Waals surface area (Å²) in [6, 6.07) is 3.57. The Morgan fingerprint density at radius 2 is 1.89 bits per heavy atom. The van der Waals surface area contributed by atoms with Gasteiger partial charge < -0.3 is 5.73 Å². The average molecular weight is 267 g/mol. The first kappa shape index (κ1) is 12.7. The Bertz CT molecular complexity index is 634. The summed E-state index contributed by atoms with van der Waals surface area (Å²) in [5.74, 6) is -2.12. The molecule has 0 aliphatic heterocycles. The third kappa shape index (κ3) is 2.13. The second-order valence-corrected chi connectivity index (χ2v) is 5.31. The highest BCUT2D eigenvalue weighted by Crippen LogP contribution is 2.27. The summed E-state index contributed by atoms with van der Waals surface area (Å²) in [4.78, 5) is 13.5. The van der Waals surface area contributed by atoms with Gasteiger partial charge in [0, 0.05) is 4.88 Å². The van der Waals surface area contributed by atoms with Gasteiger partial charge in [0.15, 0.2) is 5.82 Å². The molecule has 0 radical (unpaired) electrons. The van der Waals surface area contributed by atoms with E-state index in [9.17, 15) is 13.6 Å². The topological polar surface area (TPSA) is 43.1 Å². The standard InChI is InChI=1S/C13H11F2NOS/c1-6-3-7(2)18-13(6)12(17)9-4-8(14)5-10(16)11(9)15/h3-5H,16H2,1-2H3. The van der Waals surface area contributed by atoms with Gasteiger partial charge in [-0.25, -0.2) is 8.78 Å². The van der Waals surface area contributed by atoms with E-state index in [1.54, 1.807) is 6.92 Å². The molecule has 94 valence electrons. The fraction of sp³-hybridized carbons (Fsp3) is 0.154. The molecule has 0 aliphatic carbocycles. The molecule has 0 unspecified atom stereocenters. The molecule has 0 bridgehead atoms. The minimum absolute atomic E-state index is 0.322. The van der Waals surface area contributed by atoms with Crippen molar-refractivity contribution >= 4 is 22.8 Å². The normalized spacial score (nSPS) is 10.7. The lowest BCUT2D eigenvalue weighted by molar-refractivity contribution is 0.103. The molecule has 0 atom stereocenters. The van der Waals surface area contributed by atoms with Crippen LogP contribution in [0.2, 0.25) is 0 Å². The number of carbonyl (C=O) groups excluding carboxylic acids is 1. The zero-order valence-corrected chi connectivity index (χ0v) is 10.7. The molecule has 0 fully saturated rings. The third-order valence-electron chi connectivity index (χ3n) is 2.56. The van der Waals surface area contributed by atoms with Crippen LogP contribution in [0, 0.1) is 25.5 Å². The number of rotatable bonds is 2. The van der Waals surface area contributed by atoms with Gasteiger partial charge in [-0.2, -0.15) is 0 Å². The molecule has 1 aromatic heterocycles. The molecule has 1 heterocycles. The summed E-state index contributed by atoms with van der Waals surface area (Å²) in [6.07, 6.45) is 0. The molecule has 0 amide bonds. The van der Waals surface area contributed by atoms with Crippen LogP contribution in [0.25, 0.3) is 0 Å². The maximum absolute atomic E-state index is 13.7. The molecular formula is C13H11F2NOS. The van der Waals surface area contributed by atoms with Crippen LogP contribution < -0.4 is 5.73 Å². The van der Waals surface area contributed by atoms with Crippen LogP contribution in [0.4, 0.5) is 14.5 Å². The van der Waals surface area contributed by atoms with Crippen molar-refractivity contribution in [3.8, 4) is 0 Å². The van der Waals surface area contributed by atoms with Gasteiger partial charge in [-0.15, -0.1) is 11.3 Å². The quantitative estimate of drug-likeness (QED) is 0.669. The van der Waals surface area contributed by atoms with E-state index in [1.165, 1.54) is 11.3 Å². The zero-order valence-electron chi connectivity index (χ0n) is 9.88. The Kier molecular flexibility index (Phi) is 3.17. The summed E-state index contributed by atoms with van der Waals surface area (Å²) in [5, 5.41) is 0. The van der Waals surface area contributed by atoms with E-state index in [1.807, 2.05) is 13.0 Å². The number of ketones is 1. The van der Waals surface area contributed by atoms with E-state index >= 15 is 0 Å². The number of thiophene rings is 1. The summed E-state index contributed by atoms with van der Waals surface area (Å²) in [5.41, 5.74) is 5.39. The Balaban J connectivity index is 2.56. The second-order valence-electron chi connectivity index (χ2n) is 4.05. The monoisotopic (exact) mass is 267 g/mol. The van der Waals surface area contributed by atoms with Crippen molar-refractivity contribution in [2.45, 2.75) is 13.8 Å². The first-order chi connectivity index (χ1) is 8.40. The van der Waals surface area contributed by atoms with Crippen LogP contribution in [0.1, 0.15) is 25.7 Å². The molecule has 5 heteroatoms. The fourth-order valence-electron chi connectivity index (χ4n) is 1.76. The lowest BCUT2D eigenvalue weighted by atomic mass is 10.1. The lowest BCUT2D eigenvalue weighted by Gasteiger charge is -2.04. The number of halogens is 2. The number of benzene rings is 1. The highest BCUT2D eigenvalue weighted by molar-refractivity contribution is 7.14. The Morgan fingerprint density at radius 3 is 2.44 bits per heavy atom. The fourth-order valence-corrected chi connectivity index (χ4v) is 2.74. The van der Waals surface area contributed by atoms with Crippen molar-refractivity contribution in [3.05, 3.63) is 50.7 Å². The molecule has 1 aromatic carbocycles. The van der Waals surface area contributed by atoms with E-state index in [-0.39, 0.29) is 11.3 Å². The largest absolute Gasteiger partial charge is 0.396 e. The number of nitrogens with two attached hydrogens (primary N) is 1. The van der Waals surface area contributed by atoms with Crippen molar-refractivity contribution < 1.29 is 13.6 Å². The van der Waals surface area contributed by atoms with Gasteiger partial charge in [0.05, 0.1) is 16.1 Å². The summed E-state index contributed by atoms with van der Waals surface area (Å²) in [6.45, 7) is 3.61. The maximum Gasteiger partial charge on any atom is 0.206 e. The average Bonchev–Trinajstić information content (AvgIpc) is 2.62. The Hall–Kier alpha value is -1.75. The van der Waals surface area contributed by atoms with Crippen LogP contribution in [0.3, 0.4) is 0 Å². The van der Waals surface area contributed by atoms with Gasteiger partial charge in [0.25, 0.3) is 0 Å². The van der Waals surface area contributed by atoms with Crippen molar-refractivity contribution in [2.24, 2.45) is 0 Å². The second kappa shape index (κ2) is 4.49. The molecule has 2 nitrogen and oxygen atoms in total. The van der Waals surface area contributed by atoms with Gasteiger partial charge in [-0.1, -0.05) is 0 Å². The van der Waals surface area contributed by atoms with Gasteiger partial charge in [0.1, 0.15) is 5.82 Å². The Morgan fingerprint density at radius 1 is 1.22 bits per heavy atom. The first-order valence-corrected chi connectivity index (χ1v) is 6.08. The molecule has 2 N–H and O–H groups in total. The molecule has 2 aromatic rings. The molecule has 0 spiro atoms.